The van der Waals surface area contributed by atoms with Crippen molar-refractivity contribution >= 4 is 16.9 Å². The highest BCUT2D eigenvalue weighted by Crippen LogP contribution is 2.64. The SMILES string of the molecule is CC1c2[nH]c(=O)[nH]c(=O)c2C(C(F)F)=C(F)C1(c1cc2c(s1)CCC(F)(F)C2N)C1CC1. The van der Waals surface area contributed by atoms with Crippen molar-refractivity contribution in [3.8, 4) is 0 Å². The van der Waals surface area contributed by atoms with Crippen molar-refractivity contribution in [3.05, 3.63) is 59.3 Å². The number of aromatic amines is 2. The standard InChI is InChI=1S/C21H20F5N3O2S/c1-7-14-12(18(30)29-19(31)28-14)13(17(23)24)15(22)21(7,8-2-3-8)11-6-9-10(32-11)4-5-20(25,26)16(9)27/h6-8,16-17H,2-5,27H2,1H3,(H2,28,29,30,31). The van der Waals surface area contributed by atoms with Crippen molar-refractivity contribution < 1.29 is 22.0 Å². The van der Waals surface area contributed by atoms with Crippen LogP contribution in [0.3, 0.4) is 0 Å². The Kier molecular flexibility index (Phi) is 4.63. The number of hydrogen-bond donors (Lipinski definition) is 3. The fraction of sp³-hybridized carbons (Fsp3) is 0.524. The van der Waals surface area contributed by atoms with Gasteiger partial charge in [-0.3, -0.25) is 9.78 Å². The zero-order valence-electron chi connectivity index (χ0n) is 16.9. The van der Waals surface area contributed by atoms with E-state index in [2.05, 4.69) is 4.98 Å². The first-order valence-corrected chi connectivity index (χ1v) is 11.1. The molecule has 172 valence electrons. The first-order valence-electron chi connectivity index (χ1n) is 10.3. The lowest BCUT2D eigenvalue weighted by molar-refractivity contribution is -0.0392. The second kappa shape index (κ2) is 6.86. The van der Waals surface area contributed by atoms with Gasteiger partial charge < -0.3 is 10.7 Å². The van der Waals surface area contributed by atoms with E-state index in [0.717, 1.165) is 11.3 Å². The van der Waals surface area contributed by atoms with Crippen LogP contribution in [0.25, 0.3) is 5.57 Å². The molecule has 3 aliphatic rings. The fourth-order valence-electron chi connectivity index (χ4n) is 5.41. The summed E-state index contributed by atoms with van der Waals surface area (Å²) in [6, 6.07) is -0.145. The molecule has 2 aromatic heterocycles. The number of nitrogens with two attached hydrogens (primary N) is 1. The summed E-state index contributed by atoms with van der Waals surface area (Å²) < 4.78 is 72.9. The van der Waals surface area contributed by atoms with E-state index in [-0.39, 0.29) is 23.6 Å². The van der Waals surface area contributed by atoms with Crippen LogP contribution in [0.5, 0.6) is 0 Å². The largest absolute Gasteiger partial charge is 0.325 e. The molecule has 4 N–H and O–H groups in total. The molecule has 0 spiro atoms. The summed E-state index contributed by atoms with van der Waals surface area (Å²) >= 11 is 1.11. The van der Waals surface area contributed by atoms with Crippen LogP contribution in [-0.4, -0.2) is 22.3 Å². The molecule has 3 aliphatic carbocycles. The lowest BCUT2D eigenvalue weighted by Gasteiger charge is -2.42. The number of aryl methyl sites for hydroxylation is 1. The molecule has 0 saturated heterocycles. The van der Waals surface area contributed by atoms with Crippen LogP contribution >= 0.6 is 11.3 Å². The van der Waals surface area contributed by atoms with E-state index in [1.54, 1.807) is 6.92 Å². The molecule has 0 bridgehead atoms. The Morgan fingerprint density at radius 1 is 1.22 bits per heavy atom. The number of fused-ring (bicyclic) bond motifs is 2. The van der Waals surface area contributed by atoms with Crippen LogP contribution in [0.15, 0.2) is 21.5 Å². The minimum atomic E-state index is -3.31. The Morgan fingerprint density at radius 2 is 1.91 bits per heavy atom. The van der Waals surface area contributed by atoms with Gasteiger partial charge in [0.05, 0.1) is 22.6 Å². The third-order valence-electron chi connectivity index (χ3n) is 7.12. The van der Waals surface area contributed by atoms with Gasteiger partial charge in [-0.2, -0.15) is 0 Å². The molecule has 0 aromatic carbocycles. The predicted molar refractivity (Wildman–Crippen MR) is 109 cm³/mol. The summed E-state index contributed by atoms with van der Waals surface area (Å²) in [6.45, 7) is 1.57. The van der Waals surface area contributed by atoms with Crippen molar-refractivity contribution in [1.82, 2.24) is 9.97 Å². The number of H-pyrrole nitrogens is 2. The number of halogens is 5. The van der Waals surface area contributed by atoms with E-state index in [0.29, 0.717) is 22.6 Å². The van der Waals surface area contributed by atoms with Crippen LogP contribution in [0.4, 0.5) is 22.0 Å². The second-order valence-electron chi connectivity index (χ2n) is 8.82. The smallest absolute Gasteiger partial charge is 0.319 e. The third kappa shape index (κ3) is 2.76. The van der Waals surface area contributed by atoms with Gasteiger partial charge in [-0.25, -0.2) is 26.7 Å². The molecule has 0 amide bonds. The van der Waals surface area contributed by atoms with Crippen molar-refractivity contribution in [1.29, 1.82) is 0 Å². The Labute approximate surface area is 182 Å². The zero-order chi connectivity index (χ0) is 23.2. The monoisotopic (exact) mass is 473 g/mol. The molecule has 2 aromatic rings. The van der Waals surface area contributed by atoms with E-state index in [1.807, 2.05) is 4.98 Å². The summed E-state index contributed by atoms with van der Waals surface area (Å²) in [5.74, 6) is -5.51. The van der Waals surface area contributed by atoms with E-state index >= 15 is 4.39 Å². The molecule has 1 fully saturated rings. The normalized spacial score (nSPS) is 29.2. The van der Waals surface area contributed by atoms with Crippen molar-refractivity contribution in [2.24, 2.45) is 11.7 Å². The predicted octanol–water partition coefficient (Wildman–Crippen LogP) is 4.12. The molecule has 2 heterocycles. The summed E-state index contributed by atoms with van der Waals surface area (Å²) in [7, 11) is 0. The first-order chi connectivity index (χ1) is 15.0. The van der Waals surface area contributed by atoms with Gasteiger partial charge in [0, 0.05) is 27.8 Å². The molecule has 3 atom stereocenters. The highest BCUT2D eigenvalue weighted by molar-refractivity contribution is 7.12. The van der Waals surface area contributed by atoms with E-state index < -0.39 is 64.4 Å². The topological polar surface area (TPSA) is 91.7 Å². The van der Waals surface area contributed by atoms with Gasteiger partial charge in [0.25, 0.3) is 17.9 Å². The number of thiophene rings is 1. The Morgan fingerprint density at radius 3 is 2.53 bits per heavy atom. The Balaban J connectivity index is 1.81. The first kappa shape index (κ1) is 21.6. The minimum Gasteiger partial charge on any atom is -0.319 e. The van der Waals surface area contributed by atoms with Crippen molar-refractivity contribution in [2.75, 3.05) is 0 Å². The number of rotatable bonds is 3. The van der Waals surface area contributed by atoms with Gasteiger partial charge in [0.1, 0.15) is 5.83 Å². The van der Waals surface area contributed by atoms with Crippen LogP contribution in [0.2, 0.25) is 0 Å². The average Bonchev–Trinajstić information content (AvgIpc) is 3.45. The number of alkyl halides is 4. The summed E-state index contributed by atoms with van der Waals surface area (Å²) in [5.41, 5.74) is 0.760. The summed E-state index contributed by atoms with van der Waals surface area (Å²) in [4.78, 5) is 29.6. The molecule has 11 heteroatoms. The Bertz CT molecular complexity index is 1260. The number of allylic oxidation sites excluding steroid dienone is 2. The van der Waals surface area contributed by atoms with Gasteiger partial charge in [0.2, 0.25) is 0 Å². The minimum absolute atomic E-state index is 0.0515. The molecular weight excluding hydrogens is 453 g/mol. The number of nitrogens with one attached hydrogen (secondary N) is 2. The highest BCUT2D eigenvalue weighted by atomic mass is 32.1. The molecule has 3 unspecified atom stereocenters. The van der Waals surface area contributed by atoms with Gasteiger partial charge in [-0.05, 0) is 36.8 Å². The maximum atomic E-state index is 16.2. The highest BCUT2D eigenvalue weighted by Gasteiger charge is 2.60. The lowest BCUT2D eigenvalue weighted by atomic mass is 9.63. The van der Waals surface area contributed by atoms with E-state index in [4.69, 9.17) is 5.73 Å². The van der Waals surface area contributed by atoms with E-state index in [1.165, 1.54) is 6.07 Å². The van der Waals surface area contributed by atoms with Gasteiger partial charge in [0.15, 0.2) is 0 Å². The third-order valence-corrected chi connectivity index (χ3v) is 8.48. The summed E-state index contributed by atoms with van der Waals surface area (Å²) in [6.07, 6.45) is -2.62. The second-order valence-corrected chi connectivity index (χ2v) is 9.95. The quantitative estimate of drug-likeness (QED) is 0.586. The van der Waals surface area contributed by atoms with Gasteiger partial charge in [-0.1, -0.05) is 6.92 Å². The lowest BCUT2D eigenvalue weighted by Crippen LogP contribution is -2.43. The van der Waals surface area contributed by atoms with Crippen LogP contribution in [-0.2, 0) is 11.8 Å². The average molecular weight is 473 g/mol. The molecule has 1 saturated carbocycles. The number of hydrogen-bond acceptors (Lipinski definition) is 4. The van der Waals surface area contributed by atoms with Gasteiger partial charge >= 0.3 is 5.69 Å². The number of aromatic nitrogens is 2. The maximum Gasteiger partial charge on any atom is 0.325 e. The Hall–Kier alpha value is -2.27. The van der Waals surface area contributed by atoms with Crippen molar-refractivity contribution in [2.45, 2.75) is 62.3 Å². The molecule has 32 heavy (non-hydrogen) atoms. The van der Waals surface area contributed by atoms with E-state index in [9.17, 15) is 27.2 Å². The van der Waals surface area contributed by atoms with Crippen LogP contribution < -0.4 is 17.0 Å². The molecule has 5 nitrogen and oxygen atoms in total. The zero-order valence-corrected chi connectivity index (χ0v) is 17.7. The molecule has 0 radical (unpaired) electrons. The molecule has 0 aliphatic heterocycles. The van der Waals surface area contributed by atoms with Crippen molar-refractivity contribution in [3.63, 3.8) is 0 Å². The molecule has 5 rings (SSSR count). The maximum absolute atomic E-state index is 16.2. The van der Waals surface area contributed by atoms with Crippen LogP contribution in [0.1, 0.15) is 64.7 Å². The van der Waals surface area contributed by atoms with Crippen LogP contribution in [0, 0.1) is 5.92 Å². The molecular formula is C21H20F5N3O2S. The summed E-state index contributed by atoms with van der Waals surface area (Å²) in [5, 5.41) is 0. The fourth-order valence-corrected chi connectivity index (χ4v) is 6.98. The van der Waals surface area contributed by atoms with Gasteiger partial charge in [-0.15, -0.1) is 11.3 Å².